The van der Waals surface area contributed by atoms with Gasteiger partial charge in [0, 0.05) is 12.7 Å². The molecule has 8 heteroatoms. The molecule has 0 bridgehead atoms. The Hall–Kier alpha value is -1.83. The minimum atomic E-state index is -3.11. The number of hydrogen-bond donors (Lipinski definition) is 2. The average molecular weight is 219 g/mol. The summed E-state index contributed by atoms with van der Waals surface area (Å²) in [4.78, 5) is 22.3. The molecular weight excluding hydrogens is 212 g/mol. The summed E-state index contributed by atoms with van der Waals surface area (Å²) in [5.41, 5.74) is 1.77. The summed E-state index contributed by atoms with van der Waals surface area (Å²) >= 11 is 0. The van der Waals surface area contributed by atoms with Gasteiger partial charge in [-0.25, -0.2) is 8.78 Å². The number of nitro groups is 1. The second-order valence-corrected chi connectivity index (χ2v) is 2.67. The van der Waals surface area contributed by atoms with Gasteiger partial charge in [0.05, 0.1) is 4.92 Å². The van der Waals surface area contributed by atoms with Crippen molar-refractivity contribution in [1.82, 2.24) is 4.98 Å². The van der Waals surface area contributed by atoms with Gasteiger partial charge in [-0.05, 0) is 5.56 Å². The van der Waals surface area contributed by atoms with E-state index in [0.717, 1.165) is 6.20 Å². The smallest absolute Gasteiger partial charge is 0.326 e. The van der Waals surface area contributed by atoms with E-state index in [1.54, 1.807) is 0 Å². The van der Waals surface area contributed by atoms with Gasteiger partial charge in [0.2, 0.25) is 0 Å². The molecule has 1 rings (SSSR count). The number of nitrogens with two attached hydrogens (primary N) is 1. The van der Waals surface area contributed by atoms with Crippen LogP contribution in [0.5, 0.6) is 0 Å². The third-order valence-corrected chi connectivity index (χ3v) is 1.81. The standard InChI is InChI=1S/C7H7F2N3O3/c8-6(9)4-3(1-10)2-11-7(13)5(4)12(14)15/h2,6H,1,10H2,(H,11,13). The van der Waals surface area contributed by atoms with Crippen LogP contribution in [-0.2, 0) is 6.54 Å². The van der Waals surface area contributed by atoms with Crippen molar-refractivity contribution in [2.24, 2.45) is 5.73 Å². The van der Waals surface area contributed by atoms with Crippen molar-refractivity contribution < 1.29 is 13.7 Å². The fourth-order valence-electron chi connectivity index (χ4n) is 1.17. The molecule has 82 valence electrons. The summed E-state index contributed by atoms with van der Waals surface area (Å²) < 4.78 is 25.0. The Bertz CT molecular complexity index is 444. The molecule has 0 saturated heterocycles. The summed E-state index contributed by atoms with van der Waals surface area (Å²) in [6.07, 6.45) is -2.15. The minimum absolute atomic E-state index is 0.142. The Morgan fingerprint density at radius 3 is 2.60 bits per heavy atom. The van der Waals surface area contributed by atoms with Crippen molar-refractivity contribution in [2.75, 3.05) is 0 Å². The highest BCUT2D eigenvalue weighted by Gasteiger charge is 2.28. The quantitative estimate of drug-likeness (QED) is 0.576. The summed E-state index contributed by atoms with van der Waals surface area (Å²) in [7, 11) is 0. The SMILES string of the molecule is NCc1c[nH]c(=O)c([N+](=O)[O-])c1C(F)F. The van der Waals surface area contributed by atoms with Crippen LogP contribution in [0.3, 0.4) is 0 Å². The van der Waals surface area contributed by atoms with Crippen LogP contribution in [0, 0.1) is 10.1 Å². The first-order valence-electron chi connectivity index (χ1n) is 3.86. The molecular formula is C7H7F2N3O3. The van der Waals surface area contributed by atoms with Crippen LogP contribution in [0.15, 0.2) is 11.0 Å². The molecule has 1 aromatic heterocycles. The second-order valence-electron chi connectivity index (χ2n) is 2.67. The zero-order valence-electron chi connectivity index (χ0n) is 7.37. The number of alkyl halides is 2. The van der Waals surface area contributed by atoms with Gasteiger partial charge in [-0.2, -0.15) is 0 Å². The second kappa shape index (κ2) is 4.13. The predicted octanol–water partition coefficient (Wildman–Crippen LogP) is 0.679. The Morgan fingerprint density at radius 1 is 1.60 bits per heavy atom. The average Bonchev–Trinajstić information content (AvgIpc) is 2.16. The van der Waals surface area contributed by atoms with Gasteiger partial charge in [0.1, 0.15) is 5.56 Å². The minimum Gasteiger partial charge on any atom is -0.326 e. The lowest BCUT2D eigenvalue weighted by atomic mass is 10.1. The lowest BCUT2D eigenvalue weighted by Gasteiger charge is -2.05. The highest BCUT2D eigenvalue weighted by Crippen LogP contribution is 2.28. The molecule has 1 aromatic rings. The van der Waals surface area contributed by atoms with Crippen LogP contribution in [0.25, 0.3) is 0 Å². The molecule has 0 spiro atoms. The molecule has 0 aliphatic carbocycles. The predicted molar refractivity (Wildman–Crippen MR) is 46.6 cm³/mol. The molecule has 0 aliphatic heterocycles. The van der Waals surface area contributed by atoms with Crippen molar-refractivity contribution in [3.8, 4) is 0 Å². The van der Waals surface area contributed by atoms with E-state index < -0.39 is 28.2 Å². The van der Waals surface area contributed by atoms with Crippen LogP contribution < -0.4 is 11.3 Å². The zero-order valence-corrected chi connectivity index (χ0v) is 7.37. The Morgan fingerprint density at radius 2 is 2.20 bits per heavy atom. The first-order valence-corrected chi connectivity index (χ1v) is 3.86. The maximum Gasteiger partial charge on any atom is 0.343 e. The van der Waals surface area contributed by atoms with E-state index in [0.29, 0.717) is 0 Å². The Kier molecular flexibility index (Phi) is 3.10. The number of nitrogens with zero attached hydrogens (tertiary/aromatic N) is 1. The van der Waals surface area contributed by atoms with Gasteiger partial charge in [0.15, 0.2) is 0 Å². The fourth-order valence-corrected chi connectivity index (χ4v) is 1.17. The molecule has 0 aliphatic rings. The highest BCUT2D eigenvalue weighted by atomic mass is 19.3. The van der Waals surface area contributed by atoms with Gasteiger partial charge in [-0.3, -0.25) is 14.9 Å². The van der Waals surface area contributed by atoms with Crippen LogP contribution in [0.2, 0.25) is 0 Å². The van der Waals surface area contributed by atoms with Gasteiger partial charge in [-0.1, -0.05) is 0 Å². The van der Waals surface area contributed by atoms with E-state index in [9.17, 15) is 23.7 Å². The molecule has 0 amide bonds. The van der Waals surface area contributed by atoms with Crippen LogP contribution >= 0.6 is 0 Å². The van der Waals surface area contributed by atoms with E-state index in [1.807, 2.05) is 4.98 Å². The van der Waals surface area contributed by atoms with Crippen molar-refractivity contribution >= 4 is 5.69 Å². The van der Waals surface area contributed by atoms with Gasteiger partial charge in [-0.15, -0.1) is 0 Å². The maximum atomic E-state index is 12.5. The number of aromatic amines is 1. The summed E-state index contributed by atoms with van der Waals surface area (Å²) in [6, 6.07) is 0. The molecule has 15 heavy (non-hydrogen) atoms. The summed E-state index contributed by atoms with van der Waals surface area (Å²) in [6.45, 7) is -0.308. The molecule has 0 atom stereocenters. The van der Waals surface area contributed by atoms with Crippen molar-refractivity contribution in [1.29, 1.82) is 0 Å². The van der Waals surface area contributed by atoms with Gasteiger partial charge < -0.3 is 10.7 Å². The first kappa shape index (κ1) is 11.2. The third kappa shape index (κ3) is 1.99. The fraction of sp³-hybridized carbons (Fsp3) is 0.286. The Labute approximate surface area is 81.9 Å². The van der Waals surface area contributed by atoms with Crippen molar-refractivity contribution in [2.45, 2.75) is 13.0 Å². The van der Waals surface area contributed by atoms with E-state index in [-0.39, 0.29) is 12.1 Å². The number of halogens is 2. The summed E-state index contributed by atoms with van der Waals surface area (Å²) in [5, 5.41) is 10.4. The molecule has 0 saturated carbocycles. The number of nitrogens with one attached hydrogen (secondary N) is 1. The number of pyridine rings is 1. The normalized spacial score (nSPS) is 10.7. The van der Waals surface area contributed by atoms with Crippen molar-refractivity contribution in [3.05, 3.63) is 37.8 Å². The maximum absolute atomic E-state index is 12.5. The molecule has 3 N–H and O–H groups in total. The number of rotatable bonds is 3. The topological polar surface area (TPSA) is 102 Å². The molecule has 6 nitrogen and oxygen atoms in total. The molecule has 0 fully saturated rings. The van der Waals surface area contributed by atoms with E-state index in [1.165, 1.54) is 0 Å². The molecule has 0 radical (unpaired) electrons. The lowest BCUT2D eigenvalue weighted by Crippen LogP contribution is -2.17. The van der Waals surface area contributed by atoms with Gasteiger partial charge in [0.25, 0.3) is 6.43 Å². The molecule has 1 heterocycles. The van der Waals surface area contributed by atoms with Gasteiger partial charge >= 0.3 is 11.2 Å². The van der Waals surface area contributed by atoms with E-state index in [2.05, 4.69) is 0 Å². The highest BCUT2D eigenvalue weighted by molar-refractivity contribution is 5.43. The number of H-pyrrole nitrogens is 1. The van der Waals surface area contributed by atoms with Crippen LogP contribution in [-0.4, -0.2) is 9.91 Å². The summed E-state index contributed by atoms with van der Waals surface area (Å²) in [5.74, 6) is 0. The van der Waals surface area contributed by atoms with Crippen molar-refractivity contribution in [3.63, 3.8) is 0 Å². The van der Waals surface area contributed by atoms with Crippen LogP contribution in [0.1, 0.15) is 17.6 Å². The largest absolute Gasteiger partial charge is 0.343 e. The Balaban J connectivity index is 3.58. The number of hydrogen-bond acceptors (Lipinski definition) is 4. The lowest BCUT2D eigenvalue weighted by molar-refractivity contribution is -0.387. The molecule has 0 unspecified atom stereocenters. The first-order chi connectivity index (χ1) is 6.99. The van der Waals surface area contributed by atoms with E-state index in [4.69, 9.17) is 5.73 Å². The van der Waals surface area contributed by atoms with Crippen LogP contribution in [0.4, 0.5) is 14.5 Å². The third-order valence-electron chi connectivity index (χ3n) is 1.81. The molecule has 0 aromatic carbocycles. The van der Waals surface area contributed by atoms with E-state index >= 15 is 0 Å². The number of aromatic nitrogens is 1. The zero-order chi connectivity index (χ0) is 11.6. The monoisotopic (exact) mass is 219 g/mol.